The van der Waals surface area contributed by atoms with Crippen LogP contribution in [-0.4, -0.2) is 54.8 Å². The highest BCUT2D eigenvalue weighted by molar-refractivity contribution is 7.15. The largest absolute Gasteiger partial charge is 0.337 e. The van der Waals surface area contributed by atoms with Crippen LogP contribution in [0.2, 0.25) is 0 Å². The van der Waals surface area contributed by atoms with Crippen LogP contribution in [0, 0.1) is 0 Å². The molecule has 0 bridgehead atoms. The molecule has 0 aliphatic carbocycles. The maximum Gasteiger partial charge on any atom is 0.274 e. The van der Waals surface area contributed by atoms with Gasteiger partial charge in [-0.15, -0.1) is 11.3 Å². The van der Waals surface area contributed by atoms with Crippen LogP contribution in [-0.2, 0) is 19.6 Å². The first-order valence-electron chi connectivity index (χ1n) is 9.59. The molecule has 0 saturated carbocycles. The van der Waals surface area contributed by atoms with Gasteiger partial charge in [-0.3, -0.25) is 14.1 Å². The molecule has 0 aromatic carbocycles. The Kier molecular flexibility index (Phi) is 5.27. The molecule has 1 amide bonds. The topological polar surface area (TPSA) is 58.7 Å². The van der Waals surface area contributed by atoms with Crippen LogP contribution >= 0.6 is 11.3 Å². The molecule has 4 heterocycles. The molecule has 3 aromatic rings. The van der Waals surface area contributed by atoms with Gasteiger partial charge in [-0.25, -0.2) is 9.97 Å². The number of imidazole rings is 2. The summed E-state index contributed by atoms with van der Waals surface area (Å²) in [6.07, 6.45) is 9.24. The first-order valence-corrected chi connectivity index (χ1v) is 10.5. The van der Waals surface area contributed by atoms with E-state index in [9.17, 15) is 4.79 Å². The van der Waals surface area contributed by atoms with Crippen molar-refractivity contribution in [2.45, 2.75) is 45.8 Å². The van der Waals surface area contributed by atoms with Gasteiger partial charge in [0.2, 0.25) is 0 Å². The second-order valence-electron chi connectivity index (χ2n) is 7.12. The maximum atomic E-state index is 13.1. The minimum absolute atomic E-state index is 0.0732. The third-order valence-electron chi connectivity index (χ3n) is 5.18. The summed E-state index contributed by atoms with van der Waals surface area (Å²) >= 11 is 1.57. The molecule has 4 rings (SSSR count). The average molecular weight is 387 g/mol. The van der Waals surface area contributed by atoms with Crippen LogP contribution in [0.5, 0.6) is 0 Å². The summed E-state index contributed by atoms with van der Waals surface area (Å²) in [7, 11) is 2.07. The van der Waals surface area contributed by atoms with Crippen LogP contribution < -0.4 is 0 Å². The minimum Gasteiger partial charge on any atom is -0.337 e. The van der Waals surface area contributed by atoms with Crippen LogP contribution in [0.3, 0.4) is 0 Å². The van der Waals surface area contributed by atoms with Crippen LogP contribution in [0.4, 0.5) is 0 Å². The van der Waals surface area contributed by atoms with E-state index in [1.807, 2.05) is 28.9 Å². The van der Waals surface area contributed by atoms with E-state index in [0.29, 0.717) is 12.2 Å². The molecule has 0 spiro atoms. The van der Waals surface area contributed by atoms with Gasteiger partial charge in [-0.1, -0.05) is 0 Å². The molecular weight excluding hydrogens is 360 g/mol. The standard InChI is InChI=1S/C19H26N6OS/c1-3-23-10-7-20-16(23)14-22(2)13-15-17(21-19-25(15)11-12-27-19)18(26)24-8-5-4-6-9-24/h7,10-12H,3-6,8-9,13-14H2,1-2H3. The van der Waals surface area contributed by atoms with Crippen molar-refractivity contribution in [3.05, 3.63) is 41.2 Å². The summed E-state index contributed by atoms with van der Waals surface area (Å²) in [6, 6.07) is 0. The third kappa shape index (κ3) is 3.64. The van der Waals surface area contributed by atoms with Gasteiger partial charge in [0.15, 0.2) is 10.7 Å². The fourth-order valence-electron chi connectivity index (χ4n) is 3.73. The molecule has 144 valence electrons. The third-order valence-corrected chi connectivity index (χ3v) is 5.94. The van der Waals surface area contributed by atoms with Gasteiger partial charge in [-0.2, -0.15) is 0 Å². The lowest BCUT2D eigenvalue weighted by atomic mass is 10.1. The monoisotopic (exact) mass is 386 g/mol. The van der Waals surface area contributed by atoms with E-state index < -0.39 is 0 Å². The zero-order valence-electron chi connectivity index (χ0n) is 16.0. The van der Waals surface area contributed by atoms with Gasteiger partial charge >= 0.3 is 0 Å². The molecule has 7 nitrogen and oxygen atoms in total. The van der Waals surface area contributed by atoms with Gasteiger partial charge in [0.1, 0.15) is 5.82 Å². The first kappa shape index (κ1) is 18.2. The SMILES string of the molecule is CCn1ccnc1CN(C)Cc1c(C(=O)N2CCCCC2)nc2sccn12. The highest BCUT2D eigenvalue weighted by Crippen LogP contribution is 2.22. The molecule has 1 fully saturated rings. The summed E-state index contributed by atoms with van der Waals surface area (Å²) in [5.41, 5.74) is 1.58. The molecule has 1 saturated heterocycles. The predicted octanol–water partition coefficient (Wildman–Crippen LogP) is 2.87. The molecular formula is C19H26N6OS. The number of aromatic nitrogens is 4. The number of thiazole rings is 1. The van der Waals surface area contributed by atoms with Gasteiger partial charge in [0.25, 0.3) is 5.91 Å². The lowest BCUT2D eigenvalue weighted by Crippen LogP contribution is -2.36. The van der Waals surface area contributed by atoms with Gasteiger partial charge in [-0.05, 0) is 33.2 Å². The molecule has 0 unspecified atom stereocenters. The number of fused-ring (bicyclic) bond motifs is 1. The number of likely N-dealkylation sites (tertiary alicyclic amines) is 1. The fourth-order valence-corrected chi connectivity index (χ4v) is 4.47. The van der Waals surface area contributed by atoms with Gasteiger partial charge < -0.3 is 9.47 Å². The zero-order chi connectivity index (χ0) is 18.8. The summed E-state index contributed by atoms with van der Waals surface area (Å²) < 4.78 is 4.21. The Morgan fingerprint density at radius 2 is 2.04 bits per heavy atom. The highest BCUT2D eigenvalue weighted by Gasteiger charge is 2.26. The molecule has 8 heteroatoms. The van der Waals surface area contributed by atoms with E-state index >= 15 is 0 Å². The van der Waals surface area contributed by atoms with Crippen molar-refractivity contribution in [3.8, 4) is 0 Å². The number of nitrogens with zero attached hydrogens (tertiary/aromatic N) is 6. The van der Waals surface area contributed by atoms with E-state index in [2.05, 4.69) is 37.8 Å². The van der Waals surface area contributed by atoms with Crippen molar-refractivity contribution >= 4 is 22.2 Å². The van der Waals surface area contributed by atoms with Crippen molar-refractivity contribution in [1.29, 1.82) is 0 Å². The Morgan fingerprint density at radius 3 is 2.81 bits per heavy atom. The van der Waals surface area contributed by atoms with Crippen molar-refractivity contribution in [1.82, 2.24) is 28.7 Å². The summed E-state index contributed by atoms with van der Waals surface area (Å²) in [5.74, 6) is 1.11. The smallest absolute Gasteiger partial charge is 0.274 e. The number of carbonyl (C=O) groups is 1. The minimum atomic E-state index is 0.0732. The van der Waals surface area contributed by atoms with Crippen LogP contribution in [0.15, 0.2) is 24.0 Å². The van der Waals surface area contributed by atoms with E-state index in [-0.39, 0.29) is 5.91 Å². The molecule has 3 aromatic heterocycles. The van der Waals surface area contributed by atoms with Crippen molar-refractivity contribution in [3.63, 3.8) is 0 Å². The Labute approximate surface area is 163 Å². The molecule has 0 N–H and O–H groups in total. The number of piperidine rings is 1. The second-order valence-corrected chi connectivity index (χ2v) is 7.99. The highest BCUT2D eigenvalue weighted by atomic mass is 32.1. The van der Waals surface area contributed by atoms with Crippen molar-refractivity contribution in [2.75, 3.05) is 20.1 Å². The van der Waals surface area contributed by atoms with Gasteiger partial charge in [0.05, 0.1) is 12.2 Å². The Morgan fingerprint density at radius 1 is 1.22 bits per heavy atom. The summed E-state index contributed by atoms with van der Waals surface area (Å²) in [4.78, 5) is 27.3. The summed E-state index contributed by atoms with van der Waals surface area (Å²) in [6.45, 7) is 6.09. The number of aryl methyl sites for hydroxylation is 1. The zero-order valence-corrected chi connectivity index (χ0v) is 16.8. The Hall–Kier alpha value is -2.19. The van der Waals surface area contributed by atoms with E-state index in [1.165, 1.54) is 6.42 Å². The van der Waals surface area contributed by atoms with Crippen molar-refractivity contribution < 1.29 is 4.79 Å². The lowest BCUT2D eigenvalue weighted by molar-refractivity contribution is 0.0716. The number of hydrogen-bond donors (Lipinski definition) is 0. The Bertz CT molecular complexity index is 920. The lowest BCUT2D eigenvalue weighted by Gasteiger charge is -2.26. The second kappa shape index (κ2) is 7.82. The molecule has 27 heavy (non-hydrogen) atoms. The maximum absolute atomic E-state index is 13.1. The quantitative estimate of drug-likeness (QED) is 0.654. The van der Waals surface area contributed by atoms with E-state index in [4.69, 9.17) is 0 Å². The predicted molar refractivity (Wildman–Crippen MR) is 106 cm³/mol. The van der Waals surface area contributed by atoms with Crippen LogP contribution in [0.25, 0.3) is 4.96 Å². The van der Waals surface area contributed by atoms with Crippen LogP contribution in [0.1, 0.15) is 48.2 Å². The number of hydrogen-bond acceptors (Lipinski definition) is 5. The summed E-state index contributed by atoms with van der Waals surface area (Å²) in [5, 5.41) is 2.02. The molecule has 0 atom stereocenters. The molecule has 1 aliphatic rings. The molecule has 0 radical (unpaired) electrons. The first-order chi connectivity index (χ1) is 13.2. The fraction of sp³-hybridized carbons (Fsp3) is 0.526. The van der Waals surface area contributed by atoms with Crippen molar-refractivity contribution in [2.24, 2.45) is 0 Å². The normalized spacial score (nSPS) is 15.1. The van der Waals surface area contributed by atoms with E-state index in [0.717, 1.165) is 55.5 Å². The number of amides is 1. The number of carbonyl (C=O) groups excluding carboxylic acids is 1. The molecule has 1 aliphatic heterocycles. The van der Waals surface area contributed by atoms with E-state index in [1.54, 1.807) is 11.3 Å². The number of rotatable bonds is 6. The Balaban J connectivity index is 1.58. The van der Waals surface area contributed by atoms with Gasteiger partial charge in [0, 0.05) is 50.1 Å². The average Bonchev–Trinajstić information content (AvgIpc) is 3.39.